The summed E-state index contributed by atoms with van der Waals surface area (Å²) < 4.78 is 33.0. The summed E-state index contributed by atoms with van der Waals surface area (Å²) in [5, 5.41) is 3.00. The molecule has 0 aromatic heterocycles. The smallest absolute Gasteiger partial charge is 0.146 e. The van der Waals surface area contributed by atoms with E-state index in [1.165, 1.54) is 19.1 Å². The van der Waals surface area contributed by atoms with Crippen molar-refractivity contribution >= 4 is 5.69 Å². The van der Waals surface area contributed by atoms with E-state index >= 15 is 0 Å². The Morgan fingerprint density at radius 3 is 2.57 bits per heavy atom. The summed E-state index contributed by atoms with van der Waals surface area (Å²) in [6, 6.07) is 9.72. The molecule has 0 fully saturated rings. The van der Waals surface area contributed by atoms with E-state index in [0.29, 0.717) is 12.2 Å². The molecule has 0 saturated heterocycles. The predicted molar refractivity (Wildman–Crippen MR) is 80.7 cm³/mol. The molecule has 2 nitrogen and oxygen atoms in total. The van der Waals surface area contributed by atoms with Gasteiger partial charge in [0, 0.05) is 11.6 Å². The minimum atomic E-state index is -0.463. The highest BCUT2D eigenvalue weighted by molar-refractivity contribution is 5.50. The second-order valence-electron chi connectivity index (χ2n) is 4.92. The molecule has 0 aliphatic carbocycles. The minimum Gasteiger partial charge on any atom is -0.494 e. The number of rotatable bonds is 5. The summed E-state index contributed by atoms with van der Waals surface area (Å²) in [6.45, 7) is 5.88. The third-order valence-corrected chi connectivity index (χ3v) is 3.31. The van der Waals surface area contributed by atoms with Gasteiger partial charge in [-0.3, -0.25) is 0 Å². The fourth-order valence-electron chi connectivity index (χ4n) is 2.19. The lowest BCUT2D eigenvalue weighted by molar-refractivity contribution is 0.335. The number of ether oxygens (including phenoxy) is 1. The molecular formula is C17H19F2NO. The van der Waals surface area contributed by atoms with Crippen LogP contribution in [-0.4, -0.2) is 6.61 Å². The topological polar surface area (TPSA) is 21.3 Å². The summed E-state index contributed by atoms with van der Waals surface area (Å²) in [6.07, 6.45) is 0. The number of anilines is 1. The molecule has 21 heavy (non-hydrogen) atoms. The van der Waals surface area contributed by atoms with Crippen LogP contribution < -0.4 is 10.1 Å². The van der Waals surface area contributed by atoms with Crippen LogP contribution in [0.4, 0.5) is 14.5 Å². The molecule has 0 spiro atoms. The van der Waals surface area contributed by atoms with E-state index < -0.39 is 11.6 Å². The molecule has 1 atom stereocenters. The number of halogens is 2. The van der Waals surface area contributed by atoms with Crippen molar-refractivity contribution in [2.45, 2.75) is 26.8 Å². The number of aryl methyl sites for hydroxylation is 1. The normalized spacial score (nSPS) is 12.0. The van der Waals surface area contributed by atoms with Gasteiger partial charge in [-0.1, -0.05) is 18.2 Å². The Hall–Kier alpha value is -2.10. The lowest BCUT2D eigenvalue weighted by atomic mass is 10.1. The van der Waals surface area contributed by atoms with Gasteiger partial charge in [-0.2, -0.15) is 0 Å². The lowest BCUT2D eigenvalue weighted by Crippen LogP contribution is -2.10. The van der Waals surface area contributed by atoms with Gasteiger partial charge in [0.1, 0.15) is 17.4 Å². The van der Waals surface area contributed by atoms with Gasteiger partial charge in [0.25, 0.3) is 0 Å². The fraction of sp³-hybridized carbons (Fsp3) is 0.294. The molecule has 2 rings (SSSR count). The van der Waals surface area contributed by atoms with E-state index in [9.17, 15) is 8.78 Å². The van der Waals surface area contributed by atoms with Gasteiger partial charge in [-0.05, 0) is 38.5 Å². The molecule has 0 heterocycles. The zero-order chi connectivity index (χ0) is 15.4. The SMILES string of the molecule is CCOc1ccccc1C(C)Nc1cc(F)c(C)cc1F. The van der Waals surface area contributed by atoms with Gasteiger partial charge >= 0.3 is 0 Å². The Balaban J connectivity index is 2.26. The van der Waals surface area contributed by atoms with Crippen molar-refractivity contribution in [1.82, 2.24) is 0 Å². The zero-order valence-electron chi connectivity index (χ0n) is 12.4. The second kappa shape index (κ2) is 6.57. The number of nitrogens with one attached hydrogen (secondary N) is 1. The molecular weight excluding hydrogens is 272 g/mol. The van der Waals surface area contributed by atoms with Gasteiger partial charge in [0.15, 0.2) is 0 Å². The predicted octanol–water partition coefficient (Wildman–Crippen LogP) is 4.85. The Morgan fingerprint density at radius 2 is 1.86 bits per heavy atom. The average Bonchev–Trinajstić information content (AvgIpc) is 2.45. The van der Waals surface area contributed by atoms with Gasteiger partial charge in [0.05, 0.1) is 18.3 Å². The highest BCUT2D eigenvalue weighted by atomic mass is 19.1. The van der Waals surface area contributed by atoms with Gasteiger partial charge in [-0.25, -0.2) is 8.78 Å². The highest BCUT2D eigenvalue weighted by Gasteiger charge is 2.14. The molecule has 0 bridgehead atoms. The number of hydrogen-bond donors (Lipinski definition) is 1. The highest BCUT2D eigenvalue weighted by Crippen LogP contribution is 2.29. The van der Waals surface area contributed by atoms with Crippen molar-refractivity contribution < 1.29 is 13.5 Å². The van der Waals surface area contributed by atoms with Crippen LogP contribution in [0.3, 0.4) is 0 Å². The first-order chi connectivity index (χ1) is 10.0. The van der Waals surface area contributed by atoms with Gasteiger partial charge in [0.2, 0.25) is 0 Å². The van der Waals surface area contributed by atoms with Crippen LogP contribution in [0, 0.1) is 18.6 Å². The zero-order valence-corrected chi connectivity index (χ0v) is 12.4. The average molecular weight is 291 g/mol. The molecule has 0 radical (unpaired) electrons. The van der Waals surface area contributed by atoms with Crippen molar-refractivity contribution in [2.24, 2.45) is 0 Å². The van der Waals surface area contributed by atoms with E-state index in [0.717, 1.165) is 11.3 Å². The maximum atomic E-state index is 13.9. The Bertz CT molecular complexity index is 628. The Morgan fingerprint density at radius 1 is 1.14 bits per heavy atom. The number of benzene rings is 2. The fourth-order valence-corrected chi connectivity index (χ4v) is 2.19. The molecule has 112 valence electrons. The lowest BCUT2D eigenvalue weighted by Gasteiger charge is -2.19. The number of hydrogen-bond acceptors (Lipinski definition) is 2. The van der Waals surface area contributed by atoms with Crippen LogP contribution in [-0.2, 0) is 0 Å². The Kier molecular flexibility index (Phi) is 4.78. The van der Waals surface area contributed by atoms with E-state index in [-0.39, 0.29) is 11.7 Å². The molecule has 2 aromatic carbocycles. The maximum absolute atomic E-state index is 13.9. The third kappa shape index (κ3) is 3.51. The van der Waals surface area contributed by atoms with Gasteiger partial charge < -0.3 is 10.1 Å². The van der Waals surface area contributed by atoms with E-state index in [1.807, 2.05) is 38.1 Å². The summed E-state index contributed by atoms with van der Waals surface area (Å²) in [4.78, 5) is 0. The van der Waals surface area contributed by atoms with Crippen LogP contribution in [0.1, 0.15) is 31.0 Å². The molecule has 0 aliphatic heterocycles. The van der Waals surface area contributed by atoms with E-state index in [1.54, 1.807) is 0 Å². The largest absolute Gasteiger partial charge is 0.494 e. The summed E-state index contributed by atoms with van der Waals surface area (Å²) in [5.74, 6) is -0.146. The molecule has 4 heteroatoms. The standard InChI is InChI=1S/C17H19F2NO/c1-4-21-17-8-6-5-7-13(17)12(3)20-16-10-14(18)11(2)9-15(16)19/h5-10,12,20H,4H2,1-3H3. The summed E-state index contributed by atoms with van der Waals surface area (Å²) >= 11 is 0. The molecule has 0 aliphatic rings. The third-order valence-electron chi connectivity index (χ3n) is 3.31. The van der Waals surface area contributed by atoms with Crippen LogP contribution in [0.25, 0.3) is 0 Å². The second-order valence-corrected chi connectivity index (χ2v) is 4.92. The minimum absolute atomic E-state index is 0.150. The molecule has 0 saturated carbocycles. The van der Waals surface area contributed by atoms with Crippen LogP contribution in [0.2, 0.25) is 0 Å². The molecule has 1 unspecified atom stereocenters. The molecule has 1 N–H and O–H groups in total. The monoisotopic (exact) mass is 291 g/mol. The molecule has 0 amide bonds. The van der Waals surface area contributed by atoms with Crippen molar-refractivity contribution in [3.05, 3.63) is 59.2 Å². The van der Waals surface area contributed by atoms with Crippen LogP contribution in [0.15, 0.2) is 36.4 Å². The van der Waals surface area contributed by atoms with Crippen molar-refractivity contribution in [1.29, 1.82) is 0 Å². The van der Waals surface area contributed by atoms with Crippen molar-refractivity contribution in [3.8, 4) is 5.75 Å². The van der Waals surface area contributed by atoms with Crippen LogP contribution >= 0.6 is 0 Å². The first kappa shape index (κ1) is 15.3. The quantitative estimate of drug-likeness (QED) is 0.850. The summed E-state index contributed by atoms with van der Waals surface area (Å²) in [5.41, 5.74) is 1.34. The van der Waals surface area contributed by atoms with E-state index in [2.05, 4.69) is 5.32 Å². The van der Waals surface area contributed by atoms with Crippen molar-refractivity contribution in [2.75, 3.05) is 11.9 Å². The summed E-state index contributed by atoms with van der Waals surface area (Å²) in [7, 11) is 0. The number of para-hydroxylation sites is 1. The Labute approximate surface area is 123 Å². The molecule has 2 aromatic rings. The van der Waals surface area contributed by atoms with Crippen LogP contribution in [0.5, 0.6) is 5.75 Å². The maximum Gasteiger partial charge on any atom is 0.146 e. The van der Waals surface area contributed by atoms with Gasteiger partial charge in [-0.15, -0.1) is 0 Å². The van der Waals surface area contributed by atoms with Crippen molar-refractivity contribution in [3.63, 3.8) is 0 Å². The van der Waals surface area contributed by atoms with E-state index in [4.69, 9.17) is 4.74 Å². The first-order valence-corrected chi connectivity index (χ1v) is 6.96. The first-order valence-electron chi connectivity index (χ1n) is 6.96.